The second kappa shape index (κ2) is 8.71. The number of thiol groups is 1. The molecule has 1 heterocycles. The molecule has 7 heteroatoms. The van der Waals surface area contributed by atoms with Gasteiger partial charge in [-0.1, -0.05) is 26.0 Å². The van der Waals surface area contributed by atoms with Crippen molar-refractivity contribution < 1.29 is 14.7 Å². The lowest BCUT2D eigenvalue weighted by molar-refractivity contribution is -0.142. The fourth-order valence-corrected chi connectivity index (χ4v) is 3.10. The van der Waals surface area contributed by atoms with Crippen LogP contribution in [0.1, 0.15) is 19.4 Å². The highest BCUT2D eigenvalue weighted by molar-refractivity contribution is 7.80. The van der Waals surface area contributed by atoms with E-state index in [0.717, 1.165) is 11.3 Å². The lowest BCUT2D eigenvalue weighted by atomic mass is 9.96. The molecule has 1 aromatic heterocycles. The van der Waals surface area contributed by atoms with E-state index in [4.69, 9.17) is 0 Å². The number of benzene rings is 1. The van der Waals surface area contributed by atoms with E-state index in [1.54, 1.807) is 10.9 Å². The Bertz CT molecular complexity index is 699. The number of aromatic nitrogens is 2. The van der Waals surface area contributed by atoms with E-state index in [-0.39, 0.29) is 24.2 Å². The van der Waals surface area contributed by atoms with Crippen LogP contribution in [0.5, 0.6) is 0 Å². The average molecular weight is 361 g/mol. The van der Waals surface area contributed by atoms with Crippen LogP contribution < -0.4 is 5.32 Å². The van der Waals surface area contributed by atoms with Crippen molar-refractivity contribution in [3.05, 3.63) is 48.3 Å². The van der Waals surface area contributed by atoms with E-state index in [1.165, 1.54) is 0 Å². The first-order valence-corrected chi connectivity index (χ1v) is 8.78. The van der Waals surface area contributed by atoms with Crippen molar-refractivity contribution in [3.8, 4) is 5.69 Å². The summed E-state index contributed by atoms with van der Waals surface area (Å²) >= 11 is 4.19. The Labute approximate surface area is 152 Å². The lowest BCUT2D eigenvalue weighted by Gasteiger charge is -2.21. The van der Waals surface area contributed by atoms with Crippen LogP contribution in [0.25, 0.3) is 5.69 Å². The summed E-state index contributed by atoms with van der Waals surface area (Å²) in [4.78, 5) is 23.8. The third-order valence-corrected chi connectivity index (χ3v) is 4.49. The number of hydrogen-bond donors (Lipinski definition) is 3. The average Bonchev–Trinajstić information content (AvgIpc) is 3.09. The van der Waals surface area contributed by atoms with Gasteiger partial charge < -0.3 is 10.4 Å². The molecule has 0 aliphatic carbocycles. The predicted molar refractivity (Wildman–Crippen MR) is 99.0 cm³/mol. The maximum atomic E-state index is 12.3. The van der Waals surface area contributed by atoms with E-state index in [9.17, 15) is 14.7 Å². The van der Waals surface area contributed by atoms with Crippen LogP contribution in [0.2, 0.25) is 0 Å². The molecule has 1 amide bonds. The summed E-state index contributed by atoms with van der Waals surface area (Å²) in [6.07, 6.45) is 3.74. The van der Waals surface area contributed by atoms with Gasteiger partial charge in [-0.05, 0) is 29.7 Å². The topological polar surface area (TPSA) is 84.2 Å². The number of carboxylic acid groups (broad SMARTS) is 1. The fourth-order valence-electron chi connectivity index (χ4n) is 2.52. The van der Waals surface area contributed by atoms with Gasteiger partial charge in [0.2, 0.25) is 5.91 Å². The molecular weight excluding hydrogens is 338 g/mol. The van der Waals surface area contributed by atoms with Gasteiger partial charge >= 0.3 is 5.97 Å². The van der Waals surface area contributed by atoms with Crippen molar-refractivity contribution >= 4 is 24.5 Å². The molecule has 2 atom stereocenters. The zero-order valence-electron chi connectivity index (χ0n) is 14.3. The molecular formula is C18H23N3O3S. The third kappa shape index (κ3) is 5.09. The van der Waals surface area contributed by atoms with Gasteiger partial charge in [-0.15, -0.1) is 0 Å². The lowest BCUT2D eigenvalue weighted by Crippen LogP contribution is -2.46. The summed E-state index contributed by atoms with van der Waals surface area (Å²) < 4.78 is 1.72. The molecule has 6 nitrogen and oxygen atoms in total. The number of aliphatic carboxylic acids is 1. The number of carboxylic acids is 1. The maximum absolute atomic E-state index is 12.3. The molecule has 0 aliphatic heterocycles. The summed E-state index contributed by atoms with van der Waals surface area (Å²) in [5.41, 5.74) is 1.72. The molecule has 0 aliphatic rings. The molecule has 0 saturated heterocycles. The van der Waals surface area contributed by atoms with Crippen molar-refractivity contribution in [3.63, 3.8) is 0 Å². The third-order valence-electron chi connectivity index (χ3n) is 4.10. The molecule has 0 fully saturated rings. The fraction of sp³-hybridized carbons (Fsp3) is 0.389. The number of nitrogens with one attached hydrogen (secondary N) is 1. The van der Waals surface area contributed by atoms with Crippen molar-refractivity contribution in [2.75, 3.05) is 5.75 Å². The first-order chi connectivity index (χ1) is 11.9. The van der Waals surface area contributed by atoms with Gasteiger partial charge in [0.25, 0.3) is 0 Å². The van der Waals surface area contributed by atoms with E-state index in [1.807, 2.05) is 50.4 Å². The predicted octanol–water partition coefficient (Wildman–Crippen LogP) is 2.19. The Hall–Kier alpha value is -2.28. The van der Waals surface area contributed by atoms with E-state index in [0.29, 0.717) is 5.75 Å². The van der Waals surface area contributed by atoms with E-state index >= 15 is 0 Å². The first-order valence-electron chi connectivity index (χ1n) is 8.15. The van der Waals surface area contributed by atoms with Crippen molar-refractivity contribution in [1.29, 1.82) is 0 Å². The van der Waals surface area contributed by atoms with Gasteiger partial charge in [-0.3, -0.25) is 4.79 Å². The zero-order valence-corrected chi connectivity index (χ0v) is 15.2. The van der Waals surface area contributed by atoms with E-state index < -0.39 is 12.0 Å². The van der Waals surface area contributed by atoms with Crippen molar-refractivity contribution in [2.24, 2.45) is 11.8 Å². The molecule has 0 saturated carbocycles. The Kier molecular flexibility index (Phi) is 6.64. The van der Waals surface area contributed by atoms with Crippen molar-refractivity contribution in [2.45, 2.75) is 26.3 Å². The number of carbonyl (C=O) groups excluding carboxylic acids is 1. The Morgan fingerprint density at radius 3 is 2.44 bits per heavy atom. The first kappa shape index (κ1) is 19.1. The second-order valence-electron chi connectivity index (χ2n) is 6.25. The molecule has 2 aromatic rings. The highest BCUT2D eigenvalue weighted by atomic mass is 32.1. The van der Waals surface area contributed by atoms with Crippen LogP contribution in [0.15, 0.2) is 42.7 Å². The zero-order chi connectivity index (χ0) is 18.4. The number of nitrogens with zero attached hydrogens (tertiary/aromatic N) is 2. The molecule has 0 unspecified atom stereocenters. The highest BCUT2D eigenvalue weighted by Crippen LogP contribution is 2.14. The molecule has 25 heavy (non-hydrogen) atoms. The summed E-state index contributed by atoms with van der Waals surface area (Å²) in [7, 11) is 0. The molecule has 1 aromatic carbocycles. The van der Waals surface area contributed by atoms with E-state index in [2.05, 4.69) is 23.0 Å². The summed E-state index contributed by atoms with van der Waals surface area (Å²) in [6.45, 7) is 3.84. The second-order valence-corrected chi connectivity index (χ2v) is 6.62. The molecule has 0 spiro atoms. The van der Waals surface area contributed by atoms with Crippen LogP contribution in [0, 0.1) is 11.8 Å². The van der Waals surface area contributed by atoms with Gasteiger partial charge in [-0.2, -0.15) is 17.7 Å². The number of rotatable bonds is 8. The summed E-state index contributed by atoms with van der Waals surface area (Å²) in [5, 5.41) is 16.2. The SMILES string of the molecule is CC(C)[C@H](CS)C(=O)N[C@@H](Cc1ccc(-n2cccn2)cc1)C(=O)O. The van der Waals surface area contributed by atoms with Gasteiger partial charge in [-0.25, -0.2) is 9.48 Å². The Morgan fingerprint density at radius 1 is 1.28 bits per heavy atom. The number of carbonyl (C=O) groups is 2. The maximum Gasteiger partial charge on any atom is 0.326 e. The largest absolute Gasteiger partial charge is 0.480 e. The Morgan fingerprint density at radius 2 is 1.96 bits per heavy atom. The molecule has 0 bridgehead atoms. The molecule has 2 N–H and O–H groups in total. The monoisotopic (exact) mass is 361 g/mol. The van der Waals surface area contributed by atoms with Crippen molar-refractivity contribution in [1.82, 2.24) is 15.1 Å². The minimum absolute atomic E-state index is 0.0975. The smallest absolute Gasteiger partial charge is 0.326 e. The van der Waals surface area contributed by atoms with Gasteiger partial charge in [0, 0.05) is 30.5 Å². The summed E-state index contributed by atoms with van der Waals surface area (Å²) in [6, 6.07) is 8.29. The van der Waals surface area contributed by atoms with Gasteiger partial charge in [0.15, 0.2) is 0 Å². The molecule has 0 radical (unpaired) electrons. The Balaban J connectivity index is 2.06. The number of amides is 1. The van der Waals surface area contributed by atoms with Crippen LogP contribution in [0.4, 0.5) is 0 Å². The van der Waals surface area contributed by atoms with Crippen LogP contribution >= 0.6 is 12.6 Å². The molecule has 134 valence electrons. The highest BCUT2D eigenvalue weighted by Gasteiger charge is 2.26. The standard InChI is InChI=1S/C18H23N3O3S/c1-12(2)15(11-25)17(22)20-16(18(23)24)10-13-4-6-14(7-5-13)21-9-3-8-19-21/h3-9,12,15-16,25H,10-11H2,1-2H3,(H,20,22)(H,23,24)/t15-,16-/m0/s1. The van der Waals surface area contributed by atoms with Crippen LogP contribution in [0.3, 0.4) is 0 Å². The van der Waals surface area contributed by atoms with Gasteiger partial charge in [0.05, 0.1) is 5.69 Å². The normalized spacial score (nSPS) is 13.4. The quantitative estimate of drug-likeness (QED) is 0.629. The van der Waals surface area contributed by atoms with Crippen LogP contribution in [-0.4, -0.2) is 38.6 Å². The minimum Gasteiger partial charge on any atom is -0.480 e. The van der Waals surface area contributed by atoms with Crippen LogP contribution in [-0.2, 0) is 16.0 Å². The number of hydrogen-bond acceptors (Lipinski definition) is 4. The molecule has 2 rings (SSSR count). The minimum atomic E-state index is -1.05. The van der Waals surface area contributed by atoms with Gasteiger partial charge in [0.1, 0.15) is 6.04 Å². The summed E-state index contributed by atoms with van der Waals surface area (Å²) in [5.74, 6) is -1.15.